The summed E-state index contributed by atoms with van der Waals surface area (Å²) in [6.45, 7) is 4.59. The average molecular weight is 370 g/mol. The molecular formula is C20H22N2O3S. The van der Waals surface area contributed by atoms with E-state index in [0.717, 1.165) is 18.5 Å². The molecule has 2 aromatic carbocycles. The van der Waals surface area contributed by atoms with Gasteiger partial charge in [0.2, 0.25) is 6.79 Å². The molecule has 6 heteroatoms. The van der Waals surface area contributed by atoms with E-state index < -0.39 is 0 Å². The lowest BCUT2D eigenvalue weighted by atomic mass is 9.96. The van der Waals surface area contributed by atoms with Gasteiger partial charge >= 0.3 is 0 Å². The third kappa shape index (κ3) is 4.32. The molecule has 2 N–H and O–H groups in total. The molecule has 1 atom stereocenters. The van der Waals surface area contributed by atoms with Gasteiger partial charge in [0.1, 0.15) is 0 Å². The lowest BCUT2D eigenvalue weighted by Gasteiger charge is -2.13. The quantitative estimate of drug-likeness (QED) is 0.762. The van der Waals surface area contributed by atoms with Crippen molar-refractivity contribution in [1.82, 2.24) is 5.32 Å². The molecule has 0 fully saturated rings. The molecule has 1 aliphatic heterocycles. The van der Waals surface area contributed by atoms with E-state index in [1.807, 2.05) is 12.1 Å². The Morgan fingerprint density at radius 2 is 1.88 bits per heavy atom. The van der Waals surface area contributed by atoms with E-state index in [4.69, 9.17) is 21.7 Å². The number of fused-ring (bicyclic) bond motifs is 1. The lowest BCUT2D eigenvalue weighted by molar-refractivity contribution is 0.0977. The average Bonchev–Trinajstić information content (AvgIpc) is 3.10. The highest BCUT2D eigenvalue weighted by atomic mass is 32.1. The summed E-state index contributed by atoms with van der Waals surface area (Å²) in [6, 6.07) is 13.2. The number of nitrogens with one attached hydrogen (secondary N) is 2. The van der Waals surface area contributed by atoms with Gasteiger partial charge in [-0.05, 0) is 60.5 Å². The van der Waals surface area contributed by atoms with Crippen LogP contribution in [0.3, 0.4) is 0 Å². The standard InChI is InChI=1S/C20H22N2O3S/c1-3-4-13(2)14-5-8-16(9-6-14)21-20(26)22-19(23)15-7-10-17-18(11-15)25-12-24-17/h5-11,13H,3-4,12H2,1-2H3,(H2,21,22,23,26)/t13-/m0/s1. The molecule has 0 saturated heterocycles. The van der Waals surface area contributed by atoms with Crippen LogP contribution in [0.25, 0.3) is 0 Å². The minimum Gasteiger partial charge on any atom is -0.454 e. The van der Waals surface area contributed by atoms with Crippen LogP contribution < -0.4 is 20.1 Å². The molecule has 0 radical (unpaired) electrons. The predicted octanol–water partition coefficient (Wildman–Crippen LogP) is 4.45. The summed E-state index contributed by atoms with van der Waals surface area (Å²) in [5, 5.41) is 5.97. The molecule has 26 heavy (non-hydrogen) atoms. The smallest absolute Gasteiger partial charge is 0.257 e. The van der Waals surface area contributed by atoms with Gasteiger partial charge in [-0.3, -0.25) is 10.1 Å². The van der Waals surface area contributed by atoms with Crippen molar-refractivity contribution < 1.29 is 14.3 Å². The number of benzene rings is 2. The zero-order valence-corrected chi connectivity index (χ0v) is 15.7. The Morgan fingerprint density at radius 3 is 2.62 bits per heavy atom. The van der Waals surface area contributed by atoms with E-state index in [1.54, 1.807) is 18.2 Å². The van der Waals surface area contributed by atoms with Gasteiger partial charge in [0.25, 0.3) is 5.91 Å². The number of carbonyl (C=O) groups excluding carboxylic acids is 1. The van der Waals surface area contributed by atoms with Crippen LogP contribution in [0.5, 0.6) is 11.5 Å². The van der Waals surface area contributed by atoms with Gasteiger partial charge in [-0.25, -0.2) is 0 Å². The van der Waals surface area contributed by atoms with Gasteiger partial charge in [0.05, 0.1) is 0 Å². The van der Waals surface area contributed by atoms with Gasteiger partial charge in [-0.2, -0.15) is 0 Å². The predicted molar refractivity (Wildman–Crippen MR) is 106 cm³/mol. The Hall–Kier alpha value is -2.60. The minimum absolute atomic E-state index is 0.174. The third-order valence-corrected chi connectivity index (χ3v) is 4.53. The number of carbonyl (C=O) groups is 1. The third-order valence-electron chi connectivity index (χ3n) is 4.32. The SMILES string of the molecule is CCC[C@H](C)c1ccc(NC(=S)NC(=O)c2ccc3c(c2)OCO3)cc1. The largest absolute Gasteiger partial charge is 0.454 e. The number of anilines is 1. The van der Waals surface area contributed by atoms with Crippen LogP contribution in [0, 0.1) is 0 Å². The van der Waals surface area contributed by atoms with E-state index in [-0.39, 0.29) is 17.8 Å². The van der Waals surface area contributed by atoms with Crippen LogP contribution in [0.15, 0.2) is 42.5 Å². The van der Waals surface area contributed by atoms with Crippen LogP contribution in [-0.2, 0) is 0 Å². The van der Waals surface area contributed by atoms with Crippen molar-refractivity contribution in [2.75, 3.05) is 12.1 Å². The first-order chi connectivity index (χ1) is 12.6. The van der Waals surface area contributed by atoms with Gasteiger partial charge in [-0.15, -0.1) is 0 Å². The summed E-state index contributed by atoms with van der Waals surface area (Å²) in [6.07, 6.45) is 2.33. The Kier molecular flexibility index (Phi) is 5.73. The van der Waals surface area contributed by atoms with Crippen LogP contribution in [0.1, 0.15) is 48.5 Å². The molecule has 136 valence electrons. The molecule has 0 bridgehead atoms. The van der Waals surface area contributed by atoms with E-state index in [9.17, 15) is 4.79 Å². The van der Waals surface area contributed by atoms with Gasteiger partial charge in [-0.1, -0.05) is 32.4 Å². The molecule has 1 heterocycles. The van der Waals surface area contributed by atoms with Crippen molar-refractivity contribution in [2.24, 2.45) is 0 Å². The highest BCUT2D eigenvalue weighted by molar-refractivity contribution is 7.80. The van der Waals surface area contributed by atoms with Gasteiger partial charge in [0.15, 0.2) is 16.6 Å². The van der Waals surface area contributed by atoms with E-state index in [2.05, 4.69) is 36.6 Å². The first kappa shape index (κ1) is 18.2. The zero-order chi connectivity index (χ0) is 18.5. The molecule has 0 aromatic heterocycles. The second kappa shape index (κ2) is 8.19. The molecule has 0 unspecified atom stereocenters. The fraction of sp³-hybridized carbons (Fsp3) is 0.300. The summed E-state index contributed by atoms with van der Waals surface area (Å²) in [5.41, 5.74) is 2.60. The van der Waals surface area contributed by atoms with Crippen molar-refractivity contribution in [3.63, 3.8) is 0 Å². The van der Waals surface area contributed by atoms with Gasteiger partial charge in [0, 0.05) is 11.3 Å². The molecule has 0 aliphatic carbocycles. The summed E-state index contributed by atoms with van der Waals surface area (Å²) in [7, 11) is 0. The number of thiocarbonyl (C=S) groups is 1. The Balaban J connectivity index is 1.57. The van der Waals surface area contributed by atoms with Crippen molar-refractivity contribution in [3.8, 4) is 11.5 Å². The summed E-state index contributed by atoms with van der Waals surface area (Å²) in [4.78, 5) is 12.3. The number of rotatable bonds is 5. The molecule has 0 spiro atoms. The zero-order valence-electron chi connectivity index (χ0n) is 14.9. The lowest BCUT2D eigenvalue weighted by Crippen LogP contribution is -2.34. The molecule has 2 aromatic rings. The van der Waals surface area contributed by atoms with Gasteiger partial charge < -0.3 is 14.8 Å². The monoisotopic (exact) mass is 370 g/mol. The van der Waals surface area contributed by atoms with Crippen molar-refractivity contribution in [1.29, 1.82) is 0 Å². The maximum atomic E-state index is 12.3. The van der Waals surface area contributed by atoms with Crippen molar-refractivity contribution >= 4 is 28.9 Å². The summed E-state index contributed by atoms with van der Waals surface area (Å²) >= 11 is 5.24. The highest BCUT2D eigenvalue weighted by Gasteiger charge is 2.16. The fourth-order valence-corrected chi connectivity index (χ4v) is 3.08. The van der Waals surface area contributed by atoms with E-state index >= 15 is 0 Å². The molecule has 3 rings (SSSR count). The Bertz CT molecular complexity index is 805. The first-order valence-electron chi connectivity index (χ1n) is 8.68. The maximum absolute atomic E-state index is 12.3. The number of hydrogen-bond donors (Lipinski definition) is 2. The van der Waals surface area contributed by atoms with Crippen LogP contribution in [0.4, 0.5) is 5.69 Å². The van der Waals surface area contributed by atoms with Crippen molar-refractivity contribution in [2.45, 2.75) is 32.6 Å². The highest BCUT2D eigenvalue weighted by Crippen LogP contribution is 2.32. The number of ether oxygens (including phenoxy) is 2. The van der Waals surface area contributed by atoms with E-state index in [1.165, 1.54) is 5.56 Å². The van der Waals surface area contributed by atoms with E-state index in [0.29, 0.717) is 23.0 Å². The normalized spacial score (nSPS) is 13.2. The molecule has 1 amide bonds. The molecular weight excluding hydrogens is 348 g/mol. The Morgan fingerprint density at radius 1 is 1.15 bits per heavy atom. The molecule has 0 saturated carbocycles. The Labute approximate surface area is 158 Å². The van der Waals surface area contributed by atoms with Crippen molar-refractivity contribution in [3.05, 3.63) is 53.6 Å². The minimum atomic E-state index is -0.297. The van der Waals surface area contributed by atoms with Crippen LogP contribution in [0.2, 0.25) is 0 Å². The summed E-state index contributed by atoms with van der Waals surface area (Å²) in [5.74, 6) is 1.44. The number of amides is 1. The molecule has 1 aliphatic rings. The van der Waals surface area contributed by atoms with Crippen LogP contribution in [-0.4, -0.2) is 17.8 Å². The number of hydrogen-bond acceptors (Lipinski definition) is 4. The summed E-state index contributed by atoms with van der Waals surface area (Å²) < 4.78 is 10.5. The second-order valence-corrected chi connectivity index (χ2v) is 6.70. The molecule has 5 nitrogen and oxygen atoms in total. The second-order valence-electron chi connectivity index (χ2n) is 6.29. The fourth-order valence-electron chi connectivity index (χ4n) is 2.87. The topological polar surface area (TPSA) is 59.6 Å². The van der Waals surface area contributed by atoms with Crippen LogP contribution >= 0.6 is 12.2 Å². The first-order valence-corrected chi connectivity index (χ1v) is 9.09. The maximum Gasteiger partial charge on any atom is 0.257 e.